The largest absolute Gasteiger partial charge is 0.493 e. The number of nitrogens with one attached hydrogen (secondary N) is 1. The monoisotopic (exact) mass is 235 g/mol. The van der Waals surface area contributed by atoms with Gasteiger partial charge in [0.2, 0.25) is 0 Å². The van der Waals surface area contributed by atoms with E-state index in [9.17, 15) is 0 Å². The lowest BCUT2D eigenvalue weighted by Gasteiger charge is -2.31. The average molecular weight is 235 g/mol. The SMILES string of the molecule is COc1cccc(C2NCCCC2C)c1OC. The second kappa shape index (κ2) is 5.41. The number of para-hydroxylation sites is 1. The molecular weight excluding hydrogens is 214 g/mol. The fourth-order valence-electron chi connectivity index (χ4n) is 2.62. The molecular formula is C14H21NO2. The molecule has 3 heteroatoms. The number of hydrogen-bond acceptors (Lipinski definition) is 3. The highest BCUT2D eigenvalue weighted by molar-refractivity contribution is 5.48. The van der Waals surface area contributed by atoms with Gasteiger partial charge in [-0.3, -0.25) is 0 Å². The Kier molecular flexibility index (Phi) is 3.89. The lowest BCUT2D eigenvalue weighted by Crippen LogP contribution is -2.33. The molecule has 0 bridgehead atoms. The van der Waals surface area contributed by atoms with Gasteiger partial charge in [-0.2, -0.15) is 0 Å². The highest BCUT2D eigenvalue weighted by Gasteiger charge is 2.26. The Morgan fingerprint density at radius 3 is 2.71 bits per heavy atom. The van der Waals surface area contributed by atoms with Crippen LogP contribution in [0.15, 0.2) is 18.2 Å². The van der Waals surface area contributed by atoms with Gasteiger partial charge in [-0.05, 0) is 31.4 Å². The maximum absolute atomic E-state index is 5.50. The molecule has 3 nitrogen and oxygen atoms in total. The number of hydrogen-bond donors (Lipinski definition) is 1. The van der Waals surface area contributed by atoms with Gasteiger partial charge in [-0.15, -0.1) is 0 Å². The fourth-order valence-corrected chi connectivity index (χ4v) is 2.62. The van der Waals surface area contributed by atoms with E-state index in [1.54, 1.807) is 14.2 Å². The van der Waals surface area contributed by atoms with E-state index in [1.165, 1.54) is 18.4 Å². The van der Waals surface area contributed by atoms with E-state index < -0.39 is 0 Å². The summed E-state index contributed by atoms with van der Waals surface area (Å²) in [6, 6.07) is 6.46. The fraction of sp³-hybridized carbons (Fsp3) is 0.571. The maximum Gasteiger partial charge on any atom is 0.165 e. The molecule has 0 radical (unpaired) electrons. The van der Waals surface area contributed by atoms with E-state index in [0.717, 1.165) is 18.0 Å². The molecule has 1 saturated heterocycles. The zero-order chi connectivity index (χ0) is 12.3. The Morgan fingerprint density at radius 2 is 2.06 bits per heavy atom. The lowest BCUT2D eigenvalue weighted by molar-refractivity contribution is 0.289. The summed E-state index contributed by atoms with van der Waals surface area (Å²) >= 11 is 0. The van der Waals surface area contributed by atoms with Crippen molar-refractivity contribution >= 4 is 0 Å². The van der Waals surface area contributed by atoms with Gasteiger partial charge in [-0.1, -0.05) is 19.1 Å². The molecule has 0 amide bonds. The van der Waals surface area contributed by atoms with Crippen LogP contribution in [0, 0.1) is 5.92 Å². The minimum atomic E-state index is 0.369. The molecule has 1 aromatic rings. The summed E-state index contributed by atoms with van der Waals surface area (Å²) < 4.78 is 10.9. The van der Waals surface area contributed by atoms with Crippen molar-refractivity contribution in [2.24, 2.45) is 5.92 Å². The molecule has 2 rings (SSSR count). The Bertz CT molecular complexity index is 378. The molecule has 1 aromatic carbocycles. The van der Waals surface area contributed by atoms with Crippen LogP contribution in [0.25, 0.3) is 0 Å². The Balaban J connectivity index is 2.36. The van der Waals surface area contributed by atoms with Crippen molar-refractivity contribution in [3.05, 3.63) is 23.8 Å². The van der Waals surface area contributed by atoms with Crippen LogP contribution in [0.5, 0.6) is 11.5 Å². The number of rotatable bonds is 3. The molecule has 0 aliphatic carbocycles. The zero-order valence-electron chi connectivity index (χ0n) is 10.8. The van der Waals surface area contributed by atoms with Crippen LogP contribution in [0.1, 0.15) is 31.4 Å². The number of benzene rings is 1. The van der Waals surface area contributed by atoms with Crippen LogP contribution < -0.4 is 14.8 Å². The van der Waals surface area contributed by atoms with Crippen LogP contribution in [-0.2, 0) is 0 Å². The molecule has 0 spiro atoms. The number of methoxy groups -OCH3 is 2. The van der Waals surface area contributed by atoms with Gasteiger partial charge >= 0.3 is 0 Å². The van der Waals surface area contributed by atoms with E-state index in [0.29, 0.717) is 12.0 Å². The van der Waals surface area contributed by atoms with Gasteiger partial charge in [0, 0.05) is 11.6 Å². The van der Waals surface area contributed by atoms with Crippen molar-refractivity contribution in [2.45, 2.75) is 25.8 Å². The van der Waals surface area contributed by atoms with E-state index in [4.69, 9.17) is 9.47 Å². The molecule has 1 N–H and O–H groups in total. The van der Waals surface area contributed by atoms with Gasteiger partial charge in [0.1, 0.15) is 0 Å². The first-order valence-electron chi connectivity index (χ1n) is 6.22. The van der Waals surface area contributed by atoms with Crippen molar-refractivity contribution in [1.29, 1.82) is 0 Å². The van der Waals surface area contributed by atoms with Crippen LogP contribution >= 0.6 is 0 Å². The topological polar surface area (TPSA) is 30.5 Å². The minimum absolute atomic E-state index is 0.369. The summed E-state index contributed by atoms with van der Waals surface area (Å²) in [6.45, 7) is 3.37. The van der Waals surface area contributed by atoms with E-state index in [1.807, 2.05) is 12.1 Å². The van der Waals surface area contributed by atoms with Crippen molar-refractivity contribution < 1.29 is 9.47 Å². The highest BCUT2D eigenvalue weighted by Crippen LogP contribution is 2.39. The second-order valence-corrected chi connectivity index (χ2v) is 4.63. The third-order valence-corrected chi connectivity index (χ3v) is 3.54. The quantitative estimate of drug-likeness (QED) is 0.874. The standard InChI is InChI=1S/C14H21NO2/c1-10-6-5-9-15-13(10)11-7-4-8-12(16-2)14(11)17-3/h4,7-8,10,13,15H,5-6,9H2,1-3H3. The number of ether oxygens (including phenoxy) is 2. The lowest BCUT2D eigenvalue weighted by atomic mass is 9.87. The zero-order valence-corrected chi connectivity index (χ0v) is 10.8. The molecule has 1 aliphatic rings. The average Bonchev–Trinajstić information content (AvgIpc) is 2.38. The van der Waals surface area contributed by atoms with Gasteiger partial charge in [0.15, 0.2) is 11.5 Å². The van der Waals surface area contributed by atoms with Gasteiger partial charge < -0.3 is 14.8 Å². The molecule has 17 heavy (non-hydrogen) atoms. The van der Waals surface area contributed by atoms with E-state index in [2.05, 4.69) is 18.3 Å². The summed E-state index contributed by atoms with van der Waals surface area (Å²) in [5.41, 5.74) is 1.21. The summed E-state index contributed by atoms with van der Waals surface area (Å²) in [7, 11) is 3.38. The van der Waals surface area contributed by atoms with Gasteiger partial charge in [-0.25, -0.2) is 0 Å². The molecule has 94 valence electrons. The maximum atomic E-state index is 5.50. The normalized spacial score (nSPS) is 24.4. The third-order valence-electron chi connectivity index (χ3n) is 3.54. The Labute approximate surface area is 103 Å². The predicted octanol–water partition coefficient (Wildman–Crippen LogP) is 2.76. The second-order valence-electron chi connectivity index (χ2n) is 4.63. The molecule has 1 heterocycles. The first kappa shape index (κ1) is 12.2. The van der Waals surface area contributed by atoms with Crippen molar-refractivity contribution in [2.75, 3.05) is 20.8 Å². The first-order chi connectivity index (χ1) is 8.27. The summed E-state index contributed by atoms with van der Waals surface area (Å²) in [5.74, 6) is 2.30. The van der Waals surface area contributed by atoms with E-state index >= 15 is 0 Å². The van der Waals surface area contributed by atoms with Crippen molar-refractivity contribution in [3.63, 3.8) is 0 Å². The molecule has 0 saturated carbocycles. The third kappa shape index (κ3) is 2.39. The van der Waals surface area contributed by atoms with Crippen LogP contribution in [0.4, 0.5) is 0 Å². The Hall–Kier alpha value is -1.22. The minimum Gasteiger partial charge on any atom is -0.493 e. The highest BCUT2D eigenvalue weighted by atomic mass is 16.5. The van der Waals surface area contributed by atoms with E-state index in [-0.39, 0.29) is 0 Å². The smallest absolute Gasteiger partial charge is 0.165 e. The van der Waals surface area contributed by atoms with Gasteiger partial charge in [0.25, 0.3) is 0 Å². The van der Waals surface area contributed by atoms with Crippen molar-refractivity contribution in [3.8, 4) is 11.5 Å². The number of piperidine rings is 1. The molecule has 2 unspecified atom stereocenters. The van der Waals surface area contributed by atoms with Crippen LogP contribution in [0.2, 0.25) is 0 Å². The first-order valence-corrected chi connectivity index (χ1v) is 6.22. The van der Waals surface area contributed by atoms with Gasteiger partial charge in [0.05, 0.1) is 14.2 Å². The summed E-state index contributed by atoms with van der Waals surface area (Å²) in [6.07, 6.45) is 2.52. The molecule has 2 atom stereocenters. The molecule has 0 aromatic heterocycles. The summed E-state index contributed by atoms with van der Waals surface area (Å²) in [4.78, 5) is 0. The van der Waals surface area contributed by atoms with Crippen LogP contribution in [-0.4, -0.2) is 20.8 Å². The molecule has 1 aliphatic heterocycles. The van der Waals surface area contributed by atoms with Crippen LogP contribution in [0.3, 0.4) is 0 Å². The molecule has 1 fully saturated rings. The Morgan fingerprint density at radius 1 is 1.24 bits per heavy atom. The summed E-state index contributed by atoms with van der Waals surface area (Å²) in [5, 5.41) is 3.58. The predicted molar refractivity (Wildman–Crippen MR) is 68.7 cm³/mol. The van der Waals surface area contributed by atoms with Crippen molar-refractivity contribution in [1.82, 2.24) is 5.32 Å².